The molecule has 1 fully saturated rings. The molecular formula is C11H16N4. The monoisotopic (exact) mass is 204 g/mol. The molecule has 2 N–H and O–H groups in total. The third-order valence-electron chi connectivity index (χ3n) is 3.33. The summed E-state index contributed by atoms with van der Waals surface area (Å²) < 4.78 is 0. The second kappa shape index (κ2) is 3.45. The molecule has 0 atom stereocenters. The first-order valence-corrected chi connectivity index (χ1v) is 5.66. The molecule has 0 radical (unpaired) electrons. The second-order valence-corrected chi connectivity index (χ2v) is 4.43. The number of hydrogen-bond acceptors (Lipinski definition) is 4. The average molecular weight is 204 g/mol. The highest BCUT2D eigenvalue weighted by Crippen LogP contribution is 2.23. The van der Waals surface area contributed by atoms with Crippen molar-refractivity contribution in [1.29, 1.82) is 0 Å². The Morgan fingerprint density at radius 3 is 2.87 bits per heavy atom. The number of rotatable bonds is 2. The van der Waals surface area contributed by atoms with Gasteiger partial charge in [0.25, 0.3) is 0 Å². The molecule has 0 saturated heterocycles. The topological polar surface area (TPSA) is 49.8 Å². The fourth-order valence-corrected chi connectivity index (χ4v) is 2.14. The molecule has 1 saturated carbocycles. The Morgan fingerprint density at radius 1 is 1.27 bits per heavy atom. The molecule has 80 valence electrons. The maximum absolute atomic E-state index is 4.55. The fraction of sp³-hybridized carbons (Fsp3) is 0.636. The number of hydrogen-bond donors (Lipinski definition) is 2. The van der Waals surface area contributed by atoms with E-state index in [-0.39, 0.29) is 0 Å². The van der Waals surface area contributed by atoms with Crippen LogP contribution in [0.3, 0.4) is 0 Å². The molecule has 3 rings (SSSR count). The summed E-state index contributed by atoms with van der Waals surface area (Å²) in [5.41, 5.74) is 3.57. The maximum atomic E-state index is 4.55. The molecule has 4 nitrogen and oxygen atoms in total. The van der Waals surface area contributed by atoms with Gasteiger partial charge in [-0.25, -0.2) is 9.97 Å². The lowest BCUT2D eigenvalue weighted by Crippen LogP contribution is -2.28. The Balaban J connectivity index is 1.86. The molecule has 1 aromatic rings. The number of fused-ring (bicyclic) bond motifs is 1. The molecule has 0 aromatic carbocycles. The Bertz CT molecular complexity index is 384. The largest absolute Gasteiger partial charge is 0.351 e. The normalized spacial score (nSPS) is 19.8. The van der Waals surface area contributed by atoms with Gasteiger partial charge in [0.1, 0.15) is 0 Å². The zero-order chi connectivity index (χ0) is 10.3. The predicted octanol–water partition coefficient (Wildman–Crippen LogP) is 1.35. The Morgan fingerprint density at radius 2 is 2.13 bits per heavy atom. The highest BCUT2D eigenvalue weighted by atomic mass is 15.1. The third kappa shape index (κ3) is 1.59. The van der Waals surface area contributed by atoms with Gasteiger partial charge in [-0.2, -0.15) is 0 Å². The molecule has 1 aliphatic heterocycles. The van der Waals surface area contributed by atoms with Crippen LogP contribution in [-0.2, 0) is 13.1 Å². The molecule has 1 aromatic heterocycles. The van der Waals surface area contributed by atoms with E-state index in [1.54, 1.807) is 0 Å². The molecule has 0 spiro atoms. The van der Waals surface area contributed by atoms with E-state index < -0.39 is 0 Å². The van der Waals surface area contributed by atoms with E-state index in [0.717, 1.165) is 24.7 Å². The zero-order valence-electron chi connectivity index (χ0n) is 9.01. The maximum Gasteiger partial charge on any atom is 0.223 e. The summed E-state index contributed by atoms with van der Waals surface area (Å²) in [4.78, 5) is 9.06. The molecule has 0 unspecified atom stereocenters. The Kier molecular flexibility index (Phi) is 2.09. The lowest BCUT2D eigenvalue weighted by Gasteiger charge is -2.26. The van der Waals surface area contributed by atoms with E-state index in [9.17, 15) is 0 Å². The molecule has 2 heterocycles. The minimum absolute atomic E-state index is 0.608. The van der Waals surface area contributed by atoms with Gasteiger partial charge in [0.05, 0.1) is 5.69 Å². The van der Waals surface area contributed by atoms with Gasteiger partial charge in [0, 0.05) is 30.4 Å². The quantitative estimate of drug-likeness (QED) is 0.763. The van der Waals surface area contributed by atoms with E-state index in [1.807, 2.05) is 0 Å². The number of aryl methyl sites for hydroxylation is 1. The number of nitrogens with zero attached hydrogens (tertiary/aromatic N) is 2. The van der Waals surface area contributed by atoms with E-state index in [1.165, 1.54) is 30.5 Å². The minimum Gasteiger partial charge on any atom is -0.351 e. The van der Waals surface area contributed by atoms with Gasteiger partial charge >= 0.3 is 0 Å². The predicted molar refractivity (Wildman–Crippen MR) is 58.6 cm³/mol. The van der Waals surface area contributed by atoms with Crippen molar-refractivity contribution in [3.8, 4) is 0 Å². The number of aromatic nitrogens is 2. The van der Waals surface area contributed by atoms with Crippen molar-refractivity contribution in [2.75, 3.05) is 5.32 Å². The third-order valence-corrected chi connectivity index (χ3v) is 3.33. The van der Waals surface area contributed by atoms with E-state index in [2.05, 4.69) is 27.5 Å². The van der Waals surface area contributed by atoms with Crippen LogP contribution in [0.4, 0.5) is 5.95 Å². The van der Waals surface area contributed by atoms with Gasteiger partial charge in [-0.1, -0.05) is 0 Å². The zero-order valence-corrected chi connectivity index (χ0v) is 9.01. The lowest BCUT2D eigenvalue weighted by molar-refractivity contribution is 0.443. The molecule has 2 aliphatic rings. The Labute approximate surface area is 89.5 Å². The van der Waals surface area contributed by atoms with Crippen LogP contribution in [0.25, 0.3) is 0 Å². The minimum atomic E-state index is 0.608. The summed E-state index contributed by atoms with van der Waals surface area (Å²) in [6, 6.07) is 0.608. The van der Waals surface area contributed by atoms with Crippen LogP contribution in [-0.4, -0.2) is 16.0 Å². The van der Waals surface area contributed by atoms with E-state index in [4.69, 9.17) is 0 Å². The van der Waals surface area contributed by atoms with Gasteiger partial charge in [-0.3, -0.25) is 0 Å². The molecule has 15 heavy (non-hydrogen) atoms. The van der Waals surface area contributed by atoms with E-state index in [0.29, 0.717) is 6.04 Å². The first-order chi connectivity index (χ1) is 7.33. The molecule has 4 heteroatoms. The first-order valence-electron chi connectivity index (χ1n) is 5.66. The summed E-state index contributed by atoms with van der Waals surface area (Å²) >= 11 is 0. The van der Waals surface area contributed by atoms with Crippen molar-refractivity contribution in [2.45, 2.75) is 45.3 Å². The average Bonchev–Trinajstić information content (AvgIpc) is 2.59. The van der Waals surface area contributed by atoms with Crippen LogP contribution in [0.15, 0.2) is 0 Å². The fourth-order valence-electron chi connectivity index (χ4n) is 2.14. The highest BCUT2D eigenvalue weighted by molar-refractivity contribution is 5.37. The molecular weight excluding hydrogens is 188 g/mol. The van der Waals surface area contributed by atoms with Crippen LogP contribution < -0.4 is 10.6 Å². The van der Waals surface area contributed by atoms with Crippen molar-refractivity contribution >= 4 is 5.95 Å². The first kappa shape index (κ1) is 9.09. The van der Waals surface area contributed by atoms with E-state index >= 15 is 0 Å². The summed E-state index contributed by atoms with van der Waals surface area (Å²) in [5, 5.41) is 6.71. The van der Waals surface area contributed by atoms with Crippen molar-refractivity contribution in [3.05, 3.63) is 17.0 Å². The van der Waals surface area contributed by atoms with Crippen LogP contribution in [0.1, 0.15) is 36.2 Å². The number of nitrogens with one attached hydrogen (secondary N) is 2. The van der Waals surface area contributed by atoms with Gasteiger partial charge < -0.3 is 10.6 Å². The second-order valence-electron chi connectivity index (χ2n) is 4.43. The summed E-state index contributed by atoms with van der Waals surface area (Å²) in [6.07, 6.45) is 3.86. The standard InChI is InChI=1S/C11H16N4/c1-7-9-5-12-6-10(9)15-11(13-7)14-8-3-2-4-8/h8,12H,2-6H2,1H3,(H,13,14,15). The smallest absolute Gasteiger partial charge is 0.223 e. The molecule has 0 bridgehead atoms. The lowest BCUT2D eigenvalue weighted by atomic mass is 9.93. The summed E-state index contributed by atoms with van der Waals surface area (Å²) in [7, 11) is 0. The summed E-state index contributed by atoms with van der Waals surface area (Å²) in [5.74, 6) is 0.819. The van der Waals surface area contributed by atoms with Crippen LogP contribution in [0.2, 0.25) is 0 Å². The van der Waals surface area contributed by atoms with Crippen molar-refractivity contribution in [3.63, 3.8) is 0 Å². The number of anilines is 1. The van der Waals surface area contributed by atoms with Crippen LogP contribution >= 0.6 is 0 Å². The van der Waals surface area contributed by atoms with Crippen LogP contribution in [0, 0.1) is 6.92 Å². The van der Waals surface area contributed by atoms with Crippen molar-refractivity contribution in [1.82, 2.24) is 15.3 Å². The van der Waals surface area contributed by atoms with Gasteiger partial charge in [0.15, 0.2) is 0 Å². The van der Waals surface area contributed by atoms with Crippen LogP contribution in [0.5, 0.6) is 0 Å². The van der Waals surface area contributed by atoms with Gasteiger partial charge in [-0.05, 0) is 26.2 Å². The van der Waals surface area contributed by atoms with Gasteiger partial charge in [-0.15, -0.1) is 0 Å². The van der Waals surface area contributed by atoms with Crippen molar-refractivity contribution in [2.24, 2.45) is 0 Å². The van der Waals surface area contributed by atoms with Gasteiger partial charge in [0.2, 0.25) is 5.95 Å². The Hall–Kier alpha value is -1.16. The highest BCUT2D eigenvalue weighted by Gasteiger charge is 2.20. The van der Waals surface area contributed by atoms with Crippen molar-refractivity contribution < 1.29 is 0 Å². The SMILES string of the molecule is Cc1nc(NC2CCC2)nc2c1CNC2. The molecule has 0 amide bonds. The summed E-state index contributed by atoms with van der Waals surface area (Å²) in [6.45, 7) is 3.88. The molecule has 1 aliphatic carbocycles.